The SMILES string of the molecule is CN(C)C(=O)C1(NC(=O)Cl)CCCCC1. The Kier molecular flexibility index (Phi) is 3.97. The van der Waals surface area contributed by atoms with Crippen molar-refractivity contribution in [2.75, 3.05) is 14.1 Å². The average molecular weight is 233 g/mol. The normalized spacial score (nSPS) is 19.4. The van der Waals surface area contributed by atoms with E-state index in [9.17, 15) is 9.59 Å². The number of nitrogens with one attached hydrogen (secondary N) is 1. The van der Waals surface area contributed by atoms with Crippen LogP contribution >= 0.6 is 11.6 Å². The van der Waals surface area contributed by atoms with Crippen molar-refractivity contribution in [2.45, 2.75) is 37.6 Å². The second-order valence-corrected chi connectivity index (χ2v) is 4.58. The van der Waals surface area contributed by atoms with Crippen LogP contribution in [0.1, 0.15) is 32.1 Å². The Morgan fingerprint density at radius 3 is 2.13 bits per heavy atom. The molecule has 1 rings (SSSR count). The maximum atomic E-state index is 12.0. The molecule has 1 aliphatic rings. The fourth-order valence-corrected chi connectivity index (χ4v) is 2.34. The average Bonchev–Trinajstić information content (AvgIpc) is 2.16. The van der Waals surface area contributed by atoms with E-state index in [1.807, 2.05) is 0 Å². The van der Waals surface area contributed by atoms with Crippen molar-refractivity contribution in [1.29, 1.82) is 0 Å². The molecule has 0 aromatic carbocycles. The summed E-state index contributed by atoms with van der Waals surface area (Å²) in [4.78, 5) is 24.4. The molecule has 0 spiro atoms. The van der Waals surface area contributed by atoms with Crippen LogP contribution < -0.4 is 5.32 Å². The molecule has 0 radical (unpaired) electrons. The van der Waals surface area contributed by atoms with Crippen molar-refractivity contribution in [1.82, 2.24) is 10.2 Å². The second-order valence-electron chi connectivity index (χ2n) is 4.24. The number of nitrogens with zero attached hydrogens (tertiary/aromatic N) is 1. The van der Waals surface area contributed by atoms with Gasteiger partial charge in [0.2, 0.25) is 5.91 Å². The molecule has 15 heavy (non-hydrogen) atoms. The molecule has 0 atom stereocenters. The monoisotopic (exact) mass is 232 g/mol. The first-order valence-electron chi connectivity index (χ1n) is 5.17. The third kappa shape index (κ3) is 2.84. The number of amides is 2. The Labute approximate surface area is 95.0 Å². The van der Waals surface area contributed by atoms with Gasteiger partial charge in [-0.2, -0.15) is 0 Å². The molecule has 0 aromatic heterocycles. The summed E-state index contributed by atoms with van der Waals surface area (Å²) in [6.07, 6.45) is 4.39. The van der Waals surface area contributed by atoms with E-state index in [0.717, 1.165) is 19.3 Å². The molecule has 1 saturated carbocycles. The highest BCUT2D eigenvalue weighted by Crippen LogP contribution is 2.29. The van der Waals surface area contributed by atoms with Crippen molar-refractivity contribution in [2.24, 2.45) is 0 Å². The maximum Gasteiger partial charge on any atom is 0.314 e. The van der Waals surface area contributed by atoms with E-state index >= 15 is 0 Å². The highest BCUT2D eigenvalue weighted by molar-refractivity contribution is 6.63. The van der Waals surface area contributed by atoms with Crippen LogP contribution in [-0.4, -0.2) is 35.8 Å². The van der Waals surface area contributed by atoms with Crippen LogP contribution in [0.25, 0.3) is 0 Å². The molecule has 0 unspecified atom stereocenters. The molecule has 0 saturated heterocycles. The van der Waals surface area contributed by atoms with Crippen molar-refractivity contribution in [3.05, 3.63) is 0 Å². The number of likely N-dealkylation sites (N-methyl/N-ethyl adjacent to an activating group) is 1. The molecule has 0 bridgehead atoms. The first-order chi connectivity index (χ1) is 6.98. The first kappa shape index (κ1) is 12.3. The summed E-state index contributed by atoms with van der Waals surface area (Å²) in [7, 11) is 3.39. The lowest BCUT2D eigenvalue weighted by atomic mass is 9.81. The van der Waals surface area contributed by atoms with Crippen molar-refractivity contribution in [3.63, 3.8) is 0 Å². The third-order valence-corrected chi connectivity index (χ3v) is 2.95. The van der Waals surface area contributed by atoms with E-state index in [1.165, 1.54) is 4.90 Å². The molecular weight excluding hydrogens is 216 g/mol. The minimum absolute atomic E-state index is 0.0591. The summed E-state index contributed by atoms with van der Waals surface area (Å²) in [5, 5.41) is 1.97. The van der Waals surface area contributed by atoms with Crippen LogP contribution in [0, 0.1) is 0 Å². The number of carbonyl (C=O) groups is 2. The van der Waals surface area contributed by atoms with Gasteiger partial charge in [0.05, 0.1) is 0 Å². The summed E-state index contributed by atoms with van der Waals surface area (Å²) in [5.74, 6) is -0.0591. The van der Waals surface area contributed by atoms with Gasteiger partial charge in [0.15, 0.2) is 0 Å². The van der Waals surface area contributed by atoms with Crippen molar-refractivity contribution in [3.8, 4) is 0 Å². The van der Waals surface area contributed by atoms with Crippen LogP contribution in [0.3, 0.4) is 0 Å². The number of hydrogen-bond acceptors (Lipinski definition) is 2. The quantitative estimate of drug-likeness (QED) is 0.582. The third-order valence-electron chi connectivity index (χ3n) is 2.86. The van der Waals surface area contributed by atoms with Gasteiger partial charge >= 0.3 is 5.37 Å². The summed E-state index contributed by atoms with van der Waals surface area (Å²) in [6, 6.07) is 0. The van der Waals surface area contributed by atoms with Gasteiger partial charge in [-0.25, -0.2) is 0 Å². The van der Waals surface area contributed by atoms with Crippen LogP contribution in [-0.2, 0) is 4.79 Å². The lowest BCUT2D eigenvalue weighted by molar-refractivity contribution is -0.136. The van der Waals surface area contributed by atoms with Crippen LogP contribution in [0.2, 0.25) is 0 Å². The Morgan fingerprint density at radius 1 is 1.20 bits per heavy atom. The molecule has 4 nitrogen and oxygen atoms in total. The van der Waals surface area contributed by atoms with E-state index in [-0.39, 0.29) is 5.91 Å². The molecule has 86 valence electrons. The van der Waals surface area contributed by atoms with Gasteiger partial charge < -0.3 is 10.2 Å². The van der Waals surface area contributed by atoms with Gasteiger partial charge in [0.25, 0.3) is 0 Å². The number of rotatable bonds is 2. The van der Waals surface area contributed by atoms with E-state index < -0.39 is 10.9 Å². The van der Waals surface area contributed by atoms with Gasteiger partial charge in [-0.1, -0.05) is 19.3 Å². The molecule has 0 heterocycles. The topological polar surface area (TPSA) is 49.4 Å². The van der Waals surface area contributed by atoms with Gasteiger partial charge in [0, 0.05) is 14.1 Å². The Balaban J connectivity index is 2.84. The van der Waals surface area contributed by atoms with Crippen molar-refractivity contribution < 1.29 is 9.59 Å². The molecule has 5 heteroatoms. The largest absolute Gasteiger partial charge is 0.347 e. The zero-order valence-corrected chi connectivity index (χ0v) is 9.93. The van der Waals surface area contributed by atoms with Gasteiger partial charge in [-0.15, -0.1) is 0 Å². The van der Waals surface area contributed by atoms with Gasteiger partial charge in [-0.3, -0.25) is 9.59 Å². The standard InChI is InChI=1S/C10H17ClN2O2/c1-13(2)8(14)10(12-9(11)15)6-4-3-5-7-10/h3-7H2,1-2H3,(H,12,15). The van der Waals surface area contributed by atoms with Gasteiger partial charge in [0.1, 0.15) is 5.54 Å². The predicted molar refractivity (Wildman–Crippen MR) is 58.9 cm³/mol. The molecule has 2 amide bonds. The summed E-state index contributed by atoms with van der Waals surface area (Å²) < 4.78 is 0. The van der Waals surface area contributed by atoms with Crippen LogP contribution in [0.4, 0.5) is 4.79 Å². The lowest BCUT2D eigenvalue weighted by Gasteiger charge is -2.37. The summed E-state index contributed by atoms with van der Waals surface area (Å²) >= 11 is 5.33. The number of carbonyl (C=O) groups excluding carboxylic acids is 2. The molecule has 1 N–H and O–H groups in total. The minimum atomic E-state index is -0.763. The lowest BCUT2D eigenvalue weighted by Crippen LogP contribution is -2.58. The van der Waals surface area contributed by atoms with E-state index in [2.05, 4.69) is 5.32 Å². The molecule has 0 aliphatic heterocycles. The number of hydrogen-bond donors (Lipinski definition) is 1. The fraction of sp³-hybridized carbons (Fsp3) is 0.800. The molecule has 1 fully saturated rings. The smallest absolute Gasteiger partial charge is 0.314 e. The fourth-order valence-electron chi connectivity index (χ4n) is 2.16. The zero-order chi connectivity index (χ0) is 11.5. The predicted octanol–water partition coefficient (Wildman–Crippen LogP) is 1.73. The Morgan fingerprint density at radius 2 is 1.73 bits per heavy atom. The Hall–Kier alpha value is -0.770. The summed E-state index contributed by atoms with van der Waals surface area (Å²) in [5.41, 5.74) is -0.763. The zero-order valence-electron chi connectivity index (χ0n) is 9.18. The van der Waals surface area contributed by atoms with E-state index in [0.29, 0.717) is 12.8 Å². The first-order valence-corrected chi connectivity index (χ1v) is 5.55. The van der Waals surface area contributed by atoms with Crippen LogP contribution in [0.15, 0.2) is 0 Å². The van der Waals surface area contributed by atoms with Crippen molar-refractivity contribution >= 4 is 22.9 Å². The highest BCUT2D eigenvalue weighted by Gasteiger charge is 2.41. The Bertz CT molecular complexity index is 260. The van der Waals surface area contributed by atoms with Gasteiger partial charge in [-0.05, 0) is 24.4 Å². The molecule has 0 aromatic rings. The van der Waals surface area contributed by atoms with Crippen LogP contribution in [0.5, 0.6) is 0 Å². The van der Waals surface area contributed by atoms with E-state index in [1.54, 1.807) is 14.1 Å². The minimum Gasteiger partial charge on any atom is -0.347 e. The highest BCUT2D eigenvalue weighted by atomic mass is 35.5. The maximum absolute atomic E-state index is 12.0. The molecular formula is C10H17ClN2O2. The summed E-state index contributed by atoms with van der Waals surface area (Å²) in [6.45, 7) is 0. The van der Waals surface area contributed by atoms with E-state index in [4.69, 9.17) is 11.6 Å². The number of halogens is 1. The second kappa shape index (κ2) is 4.84. The molecule has 1 aliphatic carbocycles.